The van der Waals surface area contributed by atoms with Gasteiger partial charge in [0.2, 0.25) is 0 Å². The van der Waals surface area contributed by atoms with Crippen LogP contribution < -0.4 is 4.74 Å². The third-order valence-corrected chi connectivity index (χ3v) is 8.57. The van der Waals surface area contributed by atoms with Crippen LogP contribution in [0.5, 0.6) is 5.75 Å². The zero-order valence-electron chi connectivity index (χ0n) is 18.7. The molecule has 3 aliphatic rings. The largest absolute Gasteiger partial charge is 0.490 e. The molecule has 1 spiro atoms. The first-order chi connectivity index (χ1) is 15.0. The van der Waals surface area contributed by atoms with Crippen LogP contribution >= 0.6 is 0 Å². The Balaban J connectivity index is 1.18. The quantitative estimate of drug-likeness (QED) is 0.655. The van der Waals surface area contributed by atoms with Gasteiger partial charge in [0.25, 0.3) is 0 Å². The molecule has 1 heterocycles. The van der Waals surface area contributed by atoms with Crippen LogP contribution in [-0.2, 0) is 11.3 Å². The highest BCUT2D eigenvalue weighted by Gasteiger charge is 2.46. The van der Waals surface area contributed by atoms with Crippen molar-refractivity contribution in [3.05, 3.63) is 42.0 Å². The third kappa shape index (κ3) is 4.32. The summed E-state index contributed by atoms with van der Waals surface area (Å²) in [6, 6.07) is 13.2. The van der Waals surface area contributed by atoms with Crippen LogP contribution in [0.4, 0.5) is 0 Å². The average molecular weight is 422 g/mol. The van der Waals surface area contributed by atoms with Crippen molar-refractivity contribution >= 4 is 16.7 Å². The molecule has 1 saturated heterocycles. The Morgan fingerprint density at radius 1 is 1.00 bits per heavy atom. The standard InChI is InChI=1S/C27H35NO3/c1-19-6-11-27(19)12-7-24(8-13-27)31-25-5-4-22-16-20(2-3-23(22)17-25)18-28-14-9-21(10-15-28)26(29)30/h2-5,16-17,19,21,24H,6-15,18H2,1H3,(H,29,30). The van der Waals surface area contributed by atoms with Crippen molar-refractivity contribution in [3.8, 4) is 5.75 Å². The molecule has 1 aliphatic heterocycles. The number of piperidine rings is 1. The average Bonchev–Trinajstić information content (AvgIpc) is 2.79. The molecular weight excluding hydrogens is 386 g/mol. The second-order valence-electron chi connectivity index (χ2n) is 10.4. The van der Waals surface area contributed by atoms with Gasteiger partial charge in [0, 0.05) is 6.54 Å². The summed E-state index contributed by atoms with van der Waals surface area (Å²) in [6.07, 6.45) is 9.77. The van der Waals surface area contributed by atoms with E-state index in [0.717, 1.165) is 44.1 Å². The van der Waals surface area contributed by atoms with Gasteiger partial charge in [-0.2, -0.15) is 0 Å². The Bertz CT molecular complexity index is 939. The van der Waals surface area contributed by atoms with E-state index < -0.39 is 5.97 Å². The number of hydrogen-bond donors (Lipinski definition) is 1. The highest BCUT2D eigenvalue weighted by Crippen LogP contribution is 2.55. The fourth-order valence-electron chi connectivity index (χ4n) is 6.10. The number of carboxylic acids is 1. The van der Waals surface area contributed by atoms with Crippen molar-refractivity contribution in [1.29, 1.82) is 0 Å². The summed E-state index contributed by atoms with van der Waals surface area (Å²) in [5, 5.41) is 11.7. The molecule has 1 atom stereocenters. The van der Waals surface area contributed by atoms with Crippen LogP contribution in [0, 0.1) is 17.3 Å². The van der Waals surface area contributed by atoms with E-state index in [-0.39, 0.29) is 5.92 Å². The topological polar surface area (TPSA) is 49.8 Å². The SMILES string of the molecule is CC1CCC12CCC(Oc1ccc3cc(CN4CCC(C(=O)O)CC4)ccc3c1)CC2. The van der Waals surface area contributed by atoms with Crippen LogP contribution in [0.1, 0.15) is 63.9 Å². The second kappa shape index (κ2) is 8.46. The molecule has 1 N–H and O–H groups in total. The second-order valence-corrected chi connectivity index (χ2v) is 10.4. The van der Waals surface area contributed by atoms with Crippen molar-refractivity contribution in [2.45, 2.75) is 70.9 Å². The fourth-order valence-corrected chi connectivity index (χ4v) is 6.10. The van der Waals surface area contributed by atoms with E-state index in [1.54, 1.807) is 0 Å². The molecule has 2 aromatic rings. The van der Waals surface area contributed by atoms with Gasteiger partial charge in [-0.3, -0.25) is 9.69 Å². The molecule has 2 aliphatic carbocycles. The Kier molecular flexibility index (Phi) is 5.68. The normalized spacial score (nSPS) is 29.7. The summed E-state index contributed by atoms with van der Waals surface area (Å²) in [6.45, 7) is 5.05. The fraction of sp³-hybridized carbons (Fsp3) is 0.593. The number of aliphatic carboxylic acids is 1. The van der Waals surface area contributed by atoms with Gasteiger partial charge >= 0.3 is 5.97 Å². The molecule has 1 unspecified atom stereocenters. The maximum absolute atomic E-state index is 11.1. The number of carboxylic acid groups (broad SMARTS) is 1. The van der Waals surface area contributed by atoms with Gasteiger partial charge in [-0.25, -0.2) is 0 Å². The van der Waals surface area contributed by atoms with E-state index in [1.807, 2.05) is 0 Å². The number of ether oxygens (including phenoxy) is 1. The maximum atomic E-state index is 11.1. The van der Waals surface area contributed by atoms with Gasteiger partial charge < -0.3 is 9.84 Å². The molecule has 4 heteroatoms. The molecule has 2 aromatic carbocycles. The molecule has 5 rings (SSSR count). The lowest BCUT2D eigenvalue weighted by molar-refractivity contribution is -0.143. The molecule has 0 bridgehead atoms. The van der Waals surface area contributed by atoms with Crippen molar-refractivity contribution in [1.82, 2.24) is 4.90 Å². The lowest BCUT2D eigenvalue weighted by Gasteiger charge is -2.52. The number of benzene rings is 2. The van der Waals surface area contributed by atoms with Gasteiger partial charge in [0.1, 0.15) is 5.75 Å². The summed E-state index contributed by atoms with van der Waals surface area (Å²) in [7, 11) is 0. The van der Waals surface area contributed by atoms with Crippen molar-refractivity contribution < 1.29 is 14.6 Å². The molecule has 3 fully saturated rings. The monoisotopic (exact) mass is 421 g/mol. The summed E-state index contributed by atoms with van der Waals surface area (Å²) >= 11 is 0. The predicted molar refractivity (Wildman–Crippen MR) is 123 cm³/mol. The van der Waals surface area contributed by atoms with E-state index in [0.29, 0.717) is 11.5 Å². The minimum atomic E-state index is -0.645. The summed E-state index contributed by atoms with van der Waals surface area (Å²) in [4.78, 5) is 13.5. The zero-order chi connectivity index (χ0) is 21.4. The Morgan fingerprint density at radius 2 is 1.68 bits per heavy atom. The summed E-state index contributed by atoms with van der Waals surface area (Å²) in [5.41, 5.74) is 1.94. The third-order valence-electron chi connectivity index (χ3n) is 8.57. The Labute approximate surface area is 185 Å². The van der Waals surface area contributed by atoms with E-state index in [2.05, 4.69) is 48.2 Å². The number of hydrogen-bond acceptors (Lipinski definition) is 3. The zero-order valence-corrected chi connectivity index (χ0v) is 18.7. The van der Waals surface area contributed by atoms with Crippen LogP contribution in [-0.4, -0.2) is 35.2 Å². The Morgan fingerprint density at radius 3 is 2.32 bits per heavy atom. The number of likely N-dealkylation sites (tertiary alicyclic amines) is 1. The summed E-state index contributed by atoms with van der Waals surface area (Å²) in [5.74, 6) is 1.09. The van der Waals surface area contributed by atoms with Crippen molar-refractivity contribution in [2.24, 2.45) is 17.3 Å². The lowest BCUT2D eigenvalue weighted by Crippen LogP contribution is -2.43. The van der Waals surface area contributed by atoms with Gasteiger partial charge in [-0.1, -0.05) is 25.1 Å². The first-order valence-corrected chi connectivity index (χ1v) is 12.2. The van der Waals surface area contributed by atoms with Crippen LogP contribution in [0.25, 0.3) is 10.8 Å². The smallest absolute Gasteiger partial charge is 0.306 e. The molecule has 0 aromatic heterocycles. The highest BCUT2D eigenvalue weighted by molar-refractivity contribution is 5.84. The number of carbonyl (C=O) groups is 1. The lowest BCUT2D eigenvalue weighted by atomic mass is 9.54. The molecule has 166 valence electrons. The predicted octanol–water partition coefficient (Wildman–Crippen LogP) is 5.87. The van der Waals surface area contributed by atoms with Crippen molar-refractivity contribution in [3.63, 3.8) is 0 Å². The van der Waals surface area contributed by atoms with Crippen molar-refractivity contribution in [2.75, 3.05) is 13.1 Å². The molecule has 0 amide bonds. The van der Waals surface area contributed by atoms with Crippen LogP contribution in [0.15, 0.2) is 36.4 Å². The van der Waals surface area contributed by atoms with Gasteiger partial charge in [-0.15, -0.1) is 0 Å². The van der Waals surface area contributed by atoms with E-state index in [4.69, 9.17) is 4.74 Å². The number of fused-ring (bicyclic) bond motifs is 1. The van der Waals surface area contributed by atoms with Gasteiger partial charge in [0.15, 0.2) is 0 Å². The first-order valence-electron chi connectivity index (χ1n) is 12.2. The van der Waals surface area contributed by atoms with Crippen LogP contribution in [0.2, 0.25) is 0 Å². The van der Waals surface area contributed by atoms with E-state index in [1.165, 1.54) is 54.9 Å². The van der Waals surface area contributed by atoms with Gasteiger partial charge in [0.05, 0.1) is 12.0 Å². The highest BCUT2D eigenvalue weighted by atomic mass is 16.5. The first kappa shape index (κ1) is 20.8. The number of rotatable bonds is 5. The minimum absolute atomic E-state index is 0.168. The van der Waals surface area contributed by atoms with E-state index >= 15 is 0 Å². The van der Waals surface area contributed by atoms with Gasteiger partial charge in [-0.05, 0) is 110 Å². The molecule has 4 nitrogen and oxygen atoms in total. The maximum Gasteiger partial charge on any atom is 0.306 e. The molecule has 0 radical (unpaired) electrons. The summed E-state index contributed by atoms with van der Waals surface area (Å²) < 4.78 is 6.39. The number of nitrogens with zero attached hydrogens (tertiary/aromatic N) is 1. The van der Waals surface area contributed by atoms with E-state index in [9.17, 15) is 9.90 Å². The minimum Gasteiger partial charge on any atom is -0.490 e. The van der Waals surface area contributed by atoms with Crippen LogP contribution in [0.3, 0.4) is 0 Å². The Hall–Kier alpha value is -2.07. The molecule has 2 saturated carbocycles. The molecule has 31 heavy (non-hydrogen) atoms. The molecular formula is C27H35NO3.